The SMILES string of the molecule is CC(C)C(C)SCC(=O)c1ccn(C)c1. The van der Waals surface area contributed by atoms with Crippen LogP contribution in [-0.2, 0) is 7.05 Å². The normalized spacial score (nSPS) is 13.1. The molecule has 0 N–H and O–H groups in total. The Bertz CT molecular complexity index is 330. The summed E-state index contributed by atoms with van der Waals surface area (Å²) in [5.74, 6) is 1.44. The molecule has 1 heterocycles. The van der Waals surface area contributed by atoms with Crippen LogP contribution in [0.15, 0.2) is 18.5 Å². The summed E-state index contributed by atoms with van der Waals surface area (Å²) in [5, 5.41) is 0.540. The molecule has 84 valence electrons. The van der Waals surface area contributed by atoms with Gasteiger partial charge in [-0.15, -0.1) is 0 Å². The van der Waals surface area contributed by atoms with E-state index in [1.807, 2.05) is 30.1 Å². The zero-order chi connectivity index (χ0) is 11.4. The number of hydrogen-bond donors (Lipinski definition) is 0. The van der Waals surface area contributed by atoms with Crippen LogP contribution < -0.4 is 0 Å². The topological polar surface area (TPSA) is 22.0 Å². The van der Waals surface area contributed by atoms with E-state index in [4.69, 9.17) is 0 Å². The van der Waals surface area contributed by atoms with E-state index in [1.54, 1.807) is 11.8 Å². The quantitative estimate of drug-likeness (QED) is 0.719. The lowest BCUT2D eigenvalue weighted by Gasteiger charge is -2.13. The highest BCUT2D eigenvalue weighted by molar-refractivity contribution is 8.00. The Morgan fingerprint density at radius 3 is 2.60 bits per heavy atom. The third kappa shape index (κ3) is 3.74. The molecule has 15 heavy (non-hydrogen) atoms. The van der Waals surface area contributed by atoms with Crippen LogP contribution in [0, 0.1) is 5.92 Å². The van der Waals surface area contributed by atoms with Gasteiger partial charge < -0.3 is 4.57 Å². The Labute approximate surface area is 96.1 Å². The van der Waals surface area contributed by atoms with Gasteiger partial charge in [0, 0.05) is 30.3 Å². The van der Waals surface area contributed by atoms with E-state index < -0.39 is 0 Å². The number of carbonyl (C=O) groups excluding carboxylic acids is 1. The van der Waals surface area contributed by atoms with Gasteiger partial charge in [-0.1, -0.05) is 20.8 Å². The number of Topliss-reactive ketones (excluding diaryl/α,β-unsaturated/α-hetero) is 1. The van der Waals surface area contributed by atoms with Crippen LogP contribution in [0.2, 0.25) is 0 Å². The van der Waals surface area contributed by atoms with Gasteiger partial charge in [-0.3, -0.25) is 4.79 Å². The van der Waals surface area contributed by atoms with Crippen molar-refractivity contribution in [3.63, 3.8) is 0 Å². The lowest BCUT2D eigenvalue weighted by Crippen LogP contribution is -2.10. The monoisotopic (exact) mass is 225 g/mol. The summed E-state index contributed by atoms with van der Waals surface area (Å²) >= 11 is 1.74. The molecule has 1 unspecified atom stereocenters. The molecule has 0 bridgehead atoms. The van der Waals surface area contributed by atoms with Crippen LogP contribution in [-0.4, -0.2) is 21.4 Å². The summed E-state index contributed by atoms with van der Waals surface area (Å²) < 4.78 is 1.91. The molecule has 3 heteroatoms. The highest BCUT2D eigenvalue weighted by atomic mass is 32.2. The molecule has 0 aliphatic heterocycles. The Hall–Kier alpha value is -0.700. The highest BCUT2D eigenvalue weighted by Gasteiger charge is 2.12. The second-order valence-corrected chi connectivity index (χ2v) is 5.61. The van der Waals surface area contributed by atoms with Crippen LogP contribution in [0.3, 0.4) is 0 Å². The van der Waals surface area contributed by atoms with Gasteiger partial charge in [0.1, 0.15) is 0 Å². The van der Waals surface area contributed by atoms with Crippen molar-refractivity contribution in [1.29, 1.82) is 0 Å². The van der Waals surface area contributed by atoms with Gasteiger partial charge in [-0.25, -0.2) is 0 Å². The van der Waals surface area contributed by atoms with Crippen molar-refractivity contribution < 1.29 is 4.79 Å². The number of rotatable bonds is 5. The van der Waals surface area contributed by atoms with Gasteiger partial charge in [0.25, 0.3) is 0 Å². The summed E-state index contributed by atoms with van der Waals surface area (Å²) in [5.41, 5.74) is 0.820. The fraction of sp³-hybridized carbons (Fsp3) is 0.583. The Kier molecular flexibility index (Phi) is 4.45. The number of aryl methyl sites for hydroxylation is 1. The number of hydrogen-bond acceptors (Lipinski definition) is 2. The van der Waals surface area contributed by atoms with Crippen LogP contribution in [0.5, 0.6) is 0 Å². The third-order valence-electron chi connectivity index (χ3n) is 2.57. The molecule has 1 aromatic rings. The molecule has 1 atom stereocenters. The van der Waals surface area contributed by atoms with Crippen molar-refractivity contribution >= 4 is 17.5 Å². The van der Waals surface area contributed by atoms with Crippen LogP contribution in [0.4, 0.5) is 0 Å². The van der Waals surface area contributed by atoms with E-state index in [-0.39, 0.29) is 5.78 Å². The minimum absolute atomic E-state index is 0.230. The second kappa shape index (κ2) is 5.40. The van der Waals surface area contributed by atoms with Gasteiger partial charge >= 0.3 is 0 Å². The molecule has 0 amide bonds. The largest absolute Gasteiger partial charge is 0.357 e. The predicted molar refractivity (Wildman–Crippen MR) is 66.5 cm³/mol. The minimum atomic E-state index is 0.230. The Morgan fingerprint density at radius 2 is 2.13 bits per heavy atom. The van der Waals surface area contributed by atoms with E-state index >= 15 is 0 Å². The van der Waals surface area contributed by atoms with E-state index in [0.717, 1.165) is 5.56 Å². The number of ketones is 1. The molecule has 0 radical (unpaired) electrons. The standard InChI is InChI=1S/C12H19NOS/c1-9(2)10(3)15-8-12(14)11-5-6-13(4)7-11/h5-7,9-10H,8H2,1-4H3. The molecular weight excluding hydrogens is 206 g/mol. The van der Waals surface area contributed by atoms with E-state index in [0.29, 0.717) is 16.9 Å². The first-order valence-electron chi connectivity index (χ1n) is 5.27. The maximum absolute atomic E-state index is 11.8. The van der Waals surface area contributed by atoms with E-state index in [2.05, 4.69) is 20.8 Å². The summed E-state index contributed by atoms with van der Waals surface area (Å²) in [6.07, 6.45) is 3.78. The second-order valence-electron chi connectivity index (χ2n) is 4.25. The van der Waals surface area contributed by atoms with Crippen molar-refractivity contribution in [2.45, 2.75) is 26.0 Å². The summed E-state index contributed by atoms with van der Waals surface area (Å²) in [6.45, 7) is 6.54. The first-order chi connectivity index (χ1) is 7.00. The number of nitrogens with zero attached hydrogens (tertiary/aromatic N) is 1. The van der Waals surface area contributed by atoms with Crippen molar-refractivity contribution in [1.82, 2.24) is 4.57 Å². The van der Waals surface area contributed by atoms with Crippen molar-refractivity contribution in [2.24, 2.45) is 13.0 Å². The minimum Gasteiger partial charge on any atom is -0.357 e. The molecular formula is C12H19NOS. The molecule has 0 aliphatic rings. The molecule has 0 saturated heterocycles. The van der Waals surface area contributed by atoms with Crippen LogP contribution in [0.25, 0.3) is 0 Å². The van der Waals surface area contributed by atoms with Crippen molar-refractivity contribution in [3.05, 3.63) is 24.0 Å². The molecule has 0 saturated carbocycles. The van der Waals surface area contributed by atoms with Crippen LogP contribution >= 0.6 is 11.8 Å². The van der Waals surface area contributed by atoms with Crippen molar-refractivity contribution in [3.8, 4) is 0 Å². The molecule has 2 nitrogen and oxygen atoms in total. The molecule has 0 spiro atoms. The number of aromatic nitrogens is 1. The molecule has 1 rings (SSSR count). The average molecular weight is 225 g/mol. The number of thioether (sulfide) groups is 1. The fourth-order valence-electron chi connectivity index (χ4n) is 1.15. The summed E-state index contributed by atoms with van der Waals surface area (Å²) in [4.78, 5) is 11.8. The first-order valence-corrected chi connectivity index (χ1v) is 6.32. The molecule has 1 aromatic heterocycles. The maximum atomic E-state index is 11.8. The van der Waals surface area contributed by atoms with E-state index in [1.165, 1.54) is 0 Å². The average Bonchev–Trinajstić information content (AvgIpc) is 2.60. The Morgan fingerprint density at radius 1 is 1.47 bits per heavy atom. The smallest absolute Gasteiger partial charge is 0.174 e. The zero-order valence-electron chi connectivity index (χ0n) is 9.86. The zero-order valence-corrected chi connectivity index (χ0v) is 10.7. The first kappa shape index (κ1) is 12.4. The van der Waals surface area contributed by atoms with Gasteiger partial charge in [-0.05, 0) is 12.0 Å². The third-order valence-corrected chi connectivity index (χ3v) is 4.07. The lowest BCUT2D eigenvalue weighted by atomic mass is 10.2. The van der Waals surface area contributed by atoms with Crippen LogP contribution in [0.1, 0.15) is 31.1 Å². The highest BCUT2D eigenvalue weighted by Crippen LogP contribution is 2.19. The predicted octanol–water partition coefficient (Wildman–Crippen LogP) is 2.99. The number of carbonyl (C=O) groups is 1. The Balaban J connectivity index is 2.43. The summed E-state index contributed by atoms with van der Waals surface area (Å²) in [7, 11) is 1.93. The van der Waals surface area contributed by atoms with Gasteiger partial charge in [0.2, 0.25) is 0 Å². The molecule has 0 aliphatic carbocycles. The molecule has 0 fully saturated rings. The van der Waals surface area contributed by atoms with Gasteiger partial charge in [0.15, 0.2) is 5.78 Å². The molecule has 0 aromatic carbocycles. The van der Waals surface area contributed by atoms with Gasteiger partial charge in [-0.2, -0.15) is 11.8 Å². The van der Waals surface area contributed by atoms with E-state index in [9.17, 15) is 4.79 Å². The fourth-order valence-corrected chi connectivity index (χ4v) is 2.12. The van der Waals surface area contributed by atoms with Crippen molar-refractivity contribution in [2.75, 3.05) is 5.75 Å². The maximum Gasteiger partial charge on any atom is 0.174 e. The van der Waals surface area contributed by atoms with Gasteiger partial charge in [0.05, 0.1) is 5.75 Å². The lowest BCUT2D eigenvalue weighted by molar-refractivity contribution is 0.102. The summed E-state index contributed by atoms with van der Waals surface area (Å²) in [6, 6.07) is 1.88.